The van der Waals surface area contributed by atoms with Crippen molar-refractivity contribution in [2.45, 2.75) is 64.3 Å². The Morgan fingerprint density at radius 1 is 0.806 bits per heavy atom. The van der Waals surface area contributed by atoms with Gasteiger partial charge in [0.15, 0.2) is 0 Å². The summed E-state index contributed by atoms with van der Waals surface area (Å²) in [6.07, 6.45) is 3.02. The fourth-order valence-corrected chi connectivity index (χ4v) is 2.95. The summed E-state index contributed by atoms with van der Waals surface area (Å²) < 4.78 is 1.55. The van der Waals surface area contributed by atoms with Gasteiger partial charge in [0.2, 0.25) is 0 Å². The summed E-state index contributed by atoms with van der Waals surface area (Å²) in [4.78, 5) is 78.7. The van der Waals surface area contributed by atoms with Gasteiger partial charge in [-0.25, -0.2) is 9.59 Å². The molecule has 0 bridgehead atoms. The van der Waals surface area contributed by atoms with Crippen LogP contribution in [0.4, 0.5) is 0 Å². The highest BCUT2D eigenvalue weighted by molar-refractivity contribution is 6.02. The number of amides is 4. The molecule has 2 aliphatic rings. The second-order valence-corrected chi connectivity index (χ2v) is 7.02. The Bertz CT molecular complexity index is 879. The Balaban J connectivity index is 1.32. The molecule has 2 aliphatic heterocycles. The SMILES string of the molecule is O=C(CCCCn1cc(CCC(=O)ON2C(=O)CCC2=O)nn1)ON1C(=O)CCC1=O. The lowest BCUT2D eigenvalue weighted by atomic mass is 10.2. The van der Waals surface area contributed by atoms with Crippen LogP contribution in [0.3, 0.4) is 0 Å². The molecular weight excluding hydrogens is 414 g/mol. The second kappa shape index (κ2) is 9.91. The number of carbonyl (C=O) groups excluding carboxylic acids is 6. The highest BCUT2D eigenvalue weighted by Crippen LogP contribution is 2.14. The third-order valence-corrected chi connectivity index (χ3v) is 4.59. The van der Waals surface area contributed by atoms with E-state index in [9.17, 15) is 28.8 Å². The summed E-state index contributed by atoms with van der Waals surface area (Å²) >= 11 is 0. The number of aromatic nitrogens is 3. The van der Waals surface area contributed by atoms with Gasteiger partial charge in [-0.2, -0.15) is 0 Å². The molecule has 2 saturated heterocycles. The average molecular weight is 435 g/mol. The monoisotopic (exact) mass is 435 g/mol. The van der Waals surface area contributed by atoms with E-state index in [1.807, 2.05) is 0 Å². The third kappa shape index (κ3) is 5.93. The van der Waals surface area contributed by atoms with E-state index < -0.39 is 35.6 Å². The molecule has 1 aromatic rings. The molecule has 4 amide bonds. The molecule has 31 heavy (non-hydrogen) atoms. The number of unbranched alkanes of at least 4 members (excludes halogenated alkanes) is 1. The molecule has 0 atom stereocenters. The van der Waals surface area contributed by atoms with Crippen LogP contribution in [0.15, 0.2) is 6.20 Å². The first kappa shape index (κ1) is 22.1. The van der Waals surface area contributed by atoms with E-state index in [4.69, 9.17) is 9.68 Å². The highest BCUT2D eigenvalue weighted by atomic mass is 16.7. The molecule has 166 valence electrons. The molecule has 13 nitrogen and oxygen atoms in total. The number of hydrogen-bond acceptors (Lipinski definition) is 10. The van der Waals surface area contributed by atoms with Gasteiger partial charge in [0.05, 0.1) is 12.1 Å². The van der Waals surface area contributed by atoms with Crippen LogP contribution in [-0.2, 0) is 51.4 Å². The van der Waals surface area contributed by atoms with Crippen molar-refractivity contribution in [1.29, 1.82) is 0 Å². The summed E-state index contributed by atoms with van der Waals surface area (Å²) in [5, 5.41) is 8.88. The zero-order chi connectivity index (χ0) is 22.4. The first-order valence-corrected chi connectivity index (χ1v) is 9.85. The molecule has 2 fully saturated rings. The molecular formula is C18H21N5O8. The lowest BCUT2D eigenvalue weighted by Gasteiger charge is -2.12. The summed E-state index contributed by atoms with van der Waals surface area (Å²) in [5.74, 6) is -3.48. The zero-order valence-electron chi connectivity index (χ0n) is 16.7. The van der Waals surface area contributed by atoms with Crippen LogP contribution >= 0.6 is 0 Å². The molecule has 0 radical (unpaired) electrons. The standard InChI is InChI=1S/C18H21N5O8/c24-13-5-6-14(25)22(13)30-17(28)3-1-2-10-21-11-12(19-20-21)4-9-18(29)31-23-15(26)7-8-16(23)27/h11H,1-10H2. The van der Waals surface area contributed by atoms with E-state index in [0.717, 1.165) is 0 Å². The minimum Gasteiger partial charge on any atom is -0.330 e. The van der Waals surface area contributed by atoms with Crippen molar-refractivity contribution in [1.82, 2.24) is 25.1 Å². The van der Waals surface area contributed by atoms with Crippen molar-refractivity contribution in [3.8, 4) is 0 Å². The maximum atomic E-state index is 11.8. The summed E-state index contributed by atoms with van der Waals surface area (Å²) in [7, 11) is 0. The molecule has 0 N–H and O–H groups in total. The Hall–Kier alpha value is -3.64. The topological polar surface area (TPSA) is 158 Å². The van der Waals surface area contributed by atoms with E-state index in [-0.39, 0.29) is 44.9 Å². The minimum absolute atomic E-state index is 0.0344. The van der Waals surface area contributed by atoms with E-state index in [1.165, 1.54) is 0 Å². The van der Waals surface area contributed by atoms with Gasteiger partial charge in [-0.15, -0.1) is 15.2 Å². The van der Waals surface area contributed by atoms with E-state index in [2.05, 4.69) is 10.3 Å². The van der Waals surface area contributed by atoms with Gasteiger partial charge in [-0.1, -0.05) is 5.21 Å². The lowest BCUT2D eigenvalue weighted by Crippen LogP contribution is -2.32. The fraction of sp³-hybridized carbons (Fsp3) is 0.556. The fourth-order valence-electron chi connectivity index (χ4n) is 2.95. The van der Waals surface area contributed by atoms with Crippen molar-refractivity contribution >= 4 is 35.6 Å². The largest absolute Gasteiger partial charge is 0.333 e. The quantitative estimate of drug-likeness (QED) is 0.349. The Labute approximate surface area is 176 Å². The second-order valence-electron chi connectivity index (χ2n) is 7.02. The number of carbonyl (C=O) groups is 6. The molecule has 0 saturated carbocycles. The van der Waals surface area contributed by atoms with Crippen LogP contribution in [0.5, 0.6) is 0 Å². The summed E-state index contributed by atoms with van der Waals surface area (Å²) in [5.41, 5.74) is 0.529. The van der Waals surface area contributed by atoms with Crippen molar-refractivity contribution < 1.29 is 38.4 Å². The molecule has 0 spiro atoms. The summed E-state index contributed by atoms with van der Waals surface area (Å²) in [6.45, 7) is 0.461. The number of nitrogens with zero attached hydrogens (tertiary/aromatic N) is 5. The number of hydrogen-bond donors (Lipinski definition) is 0. The lowest BCUT2D eigenvalue weighted by molar-refractivity contribution is -0.197. The van der Waals surface area contributed by atoms with Crippen molar-refractivity contribution in [2.24, 2.45) is 0 Å². The van der Waals surface area contributed by atoms with Gasteiger partial charge in [0, 0.05) is 51.3 Å². The zero-order valence-corrected chi connectivity index (χ0v) is 16.7. The molecule has 0 aromatic carbocycles. The van der Waals surface area contributed by atoms with Gasteiger partial charge in [0.1, 0.15) is 0 Å². The van der Waals surface area contributed by atoms with Gasteiger partial charge < -0.3 is 9.68 Å². The number of hydroxylamine groups is 4. The van der Waals surface area contributed by atoms with Crippen molar-refractivity contribution in [3.63, 3.8) is 0 Å². The normalized spacial score (nSPS) is 16.4. The maximum absolute atomic E-state index is 11.8. The first-order chi connectivity index (χ1) is 14.8. The van der Waals surface area contributed by atoms with Crippen LogP contribution in [0.1, 0.15) is 57.1 Å². The van der Waals surface area contributed by atoms with Crippen LogP contribution in [0, 0.1) is 0 Å². The number of imide groups is 2. The predicted octanol–water partition coefficient (Wildman–Crippen LogP) is -0.405. The molecule has 3 heterocycles. The van der Waals surface area contributed by atoms with E-state index in [0.29, 0.717) is 35.2 Å². The maximum Gasteiger partial charge on any atom is 0.333 e. The van der Waals surface area contributed by atoms with E-state index >= 15 is 0 Å². The Morgan fingerprint density at radius 2 is 1.32 bits per heavy atom. The molecule has 0 aliphatic carbocycles. The Kier molecular flexibility index (Phi) is 7.05. The smallest absolute Gasteiger partial charge is 0.330 e. The van der Waals surface area contributed by atoms with Crippen molar-refractivity contribution in [2.75, 3.05) is 0 Å². The molecule has 3 rings (SSSR count). The van der Waals surface area contributed by atoms with E-state index in [1.54, 1.807) is 10.9 Å². The van der Waals surface area contributed by atoms with Crippen LogP contribution in [0.25, 0.3) is 0 Å². The first-order valence-electron chi connectivity index (χ1n) is 9.85. The van der Waals surface area contributed by atoms with Gasteiger partial charge in [-0.05, 0) is 12.8 Å². The average Bonchev–Trinajstić information content (AvgIpc) is 3.41. The highest BCUT2D eigenvalue weighted by Gasteiger charge is 2.33. The van der Waals surface area contributed by atoms with Gasteiger partial charge in [-0.3, -0.25) is 23.9 Å². The number of rotatable bonds is 10. The van der Waals surface area contributed by atoms with Crippen molar-refractivity contribution in [3.05, 3.63) is 11.9 Å². The third-order valence-electron chi connectivity index (χ3n) is 4.59. The van der Waals surface area contributed by atoms with Crippen LogP contribution in [-0.4, -0.2) is 60.7 Å². The summed E-state index contributed by atoms with van der Waals surface area (Å²) in [6, 6.07) is 0. The van der Waals surface area contributed by atoms with Crippen LogP contribution < -0.4 is 0 Å². The number of aryl methyl sites for hydroxylation is 2. The molecule has 13 heteroatoms. The van der Waals surface area contributed by atoms with Gasteiger partial charge >= 0.3 is 11.9 Å². The Morgan fingerprint density at radius 3 is 1.87 bits per heavy atom. The predicted molar refractivity (Wildman–Crippen MR) is 96.6 cm³/mol. The minimum atomic E-state index is -0.716. The molecule has 0 unspecified atom stereocenters. The van der Waals surface area contributed by atoms with Crippen LogP contribution in [0.2, 0.25) is 0 Å². The molecule has 1 aromatic heterocycles. The van der Waals surface area contributed by atoms with Gasteiger partial charge in [0.25, 0.3) is 23.6 Å².